The fourth-order valence-corrected chi connectivity index (χ4v) is 2.79. The van der Waals surface area contributed by atoms with Gasteiger partial charge in [-0.3, -0.25) is 4.79 Å². The molecule has 128 valence electrons. The minimum atomic E-state index is -0.149. The molecule has 0 aliphatic heterocycles. The Morgan fingerprint density at radius 3 is 2.46 bits per heavy atom. The van der Waals surface area contributed by atoms with E-state index in [9.17, 15) is 4.79 Å². The third kappa shape index (κ3) is 5.40. The Morgan fingerprint density at radius 2 is 1.88 bits per heavy atom. The van der Waals surface area contributed by atoms with Crippen LogP contribution in [0.1, 0.15) is 30.6 Å². The summed E-state index contributed by atoms with van der Waals surface area (Å²) in [6.45, 7) is 5.04. The van der Waals surface area contributed by atoms with Gasteiger partial charge in [-0.05, 0) is 77.4 Å². The van der Waals surface area contributed by atoms with E-state index in [1.165, 1.54) is 0 Å². The number of amides is 1. The van der Waals surface area contributed by atoms with Gasteiger partial charge in [0.15, 0.2) is 0 Å². The second-order valence-corrected chi connectivity index (χ2v) is 7.02. The van der Waals surface area contributed by atoms with Gasteiger partial charge in [0, 0.05) is 11.3 Å². The topological polar surface area (TPSA) is 47.6 Å². The summed E-state index contributed by atoms with van der Waals surface area (Å²) >= 11 is 2.15. The van der Waals surface area contributed by atoms with Crippen LogP contribution in [0.3, 0.4) is 0 Å². The molecule has 1 amide bonds. The highest BCUT2D eigenvalue weighted by Crippen LogP contribution is 2.22. The number of rotatable bonds is 7. The molecular formula is C19H22INO3. The summed E-state index contributed by atoms with van der Waals surface area (Å²) in [6.07, 6.45) is 1.02. The number of carbonyl (C=O) groups excluding carboxylic acids is 1. The Morgan fingerprint density at radius 1 is 1.17 bits per heavy atom. The lowest BCUT2D eigenvalue weighted by Gasteiger charge is -2.10. The molecule has 0 atom stereocenters. The molecule has 0 fully saturated rings. The first-order chi connectivity index (χ1) is 11.5. The zero-order valence-electron chi connectivity index (χ0n) is 14.1. The van der Waals surface area contributed by atoms with Crippen LogP contribution in [0.15, 0.2) is 42.5 Å². The first-order valence-corrected chi connectivity index (χ1v) is 8.95. The van der Waals surface area contributed by atoms with Crippen LogP contribution in [-0.2, 0) is 0 Å². The fraction of sp³-hybridized carbons (Fsp3) is 0.316. The molecule has 4 nitrogen and oxygen atoms in total. The monoisotopic (exact) mass is 439 g/mol. The molecule has 0 aromatic heterocycles. The van der Waals surface area contributed by atoms with Crippen molar-refractivity contribution < 1.29 is 14.3 Å². The molecule has 0 aliphatic rings. The number of benzene rings is 2. The lowest BCUT2D eigenvalue weighted by Crippen LogP contribution is -2.12. The standard InChI is InChI=1S/C19H22INO3/c1-13(2)10-11-24-16-7-5-15(6-8-16)21-19(22)14-4-9-18(23-3)17(20)12-14/h4-9,12-13H,10-11H2,1-3H3,(H,21,22). The average Bonchev–Trinajstić information content (AvgIpc) is 2.56. The summed E-state index contributed by atoms with van der Waals surface area (Å²) in [5.41, 5.74) is 1.33. The largest absolute Gasteiger partial charge is 0.496 e. The van der Waals surface area contributed by atoms with Gasteiger partial charge >= 0.3 is 0 Å². The third-order valence-corrected chi connectivity index (χ3v) is 4.33. The zero-order valence-corrected chi connectivity index (χ0v) is 16.3. The van der Waals surface area contributed by atoms with Gasteiger partial charge in [0.2, 0.25) is 0 Å². The van der Waals surface area contributed by atoms with Crippen LogP contribution >= 0.6 is 22.6 Å². The van der Waals surface area contributed by atoms with Crippen molar-refractivity contribution in [3.63, 3.8) is 0 Å². The van der Waals surface area contributed by atoms with Crippen molar-refractivity contribution in [1.29, 1.82) is 0 Å². The Bertz CT molecular complexity index is 684. The molecule has 2 aromatic rings. The van der Waals surface area contributed by atoms with Gasteiger partial charge in [-0.2, -0.15) is 0 Å². The molecule has 24 heavy (non-hydrogen) atoms. The number of ether oxygens (including phenoxy) is 2. The Kier molecular flexibility index (Phi) is 6.90. The number of carbonyl (C=O) groups is 1. The van der Waals surface area contributed by atoms with Crippen molar-refractivity contribution in [2.45, 2.75) is 20.3 Å². The van der Waals surface area contributed by atoms with Gasteiger partial charge in [-0.1, -0.05) is 13.8 Å². The number of methoxy groups -OCH3 is 1. The predicted octanol–water partition coefficient (Wildman–Crippen LogP) is 4.98. The molecule has 0 radical (unpaired) electrons. The third-order valence-electron chi connectivity index (χ3n) is 3.49. The van der Waals surface area contributed by atoms with Crippen LogP contribution in [-0.4, -0.2) is 19.6 Å². The SMILES string of the molecule is COc1ccc(C(=O)Nc2ccc(OCCC(C)C)cc2)cc1I. The van der Waals surface area contributed by atoms with E-state index in [0.29, 0.717) is 18.1 Å². The lowest BCUT2D eigenvalue weighted by molar-refractivity contribution is 0.102. The van der Waals surface area contributed by atoms with Gasteiger partial charge in [0.1, 0.15) is 11.5 Å². The first-order valence-electron chi connectivity index (χ1n) is 7.87. The van der Waals surface area contributed by atoms with Gasteiger partial charge in [-0.15, -0.1) is 0 Å². The van der Waals surface area contributed by atoms with E-state index in [-0.39, 0.29) is 5.91 Å². The number of halogens is 1. The molecule has 0 spiro atoms. The van der Waals surface area contributed by atoms with Gasteiger partial charge < -0.3 is 14.8 Å². The molecule has 2 aromatic carbocycles. The van der Waals surface area contributed by atoms with Gasteiger partial charge in [0.25, 0.3) is 5.91 Å². The zero-order chi connectivity index (χ0) is 17.5. The minimum Gasteiger partial charge on any atom is -0.496 e. The Labute approximate surface area is 156 Å². The van der Waals surface area contributed by atoms with Crippen LogP contribution < -0.4 is 14.8 Å². The maximum atomic E-state index is 12.3. The van der Waals surface area contributed by atoms with E-state index in [1.54, 1.807) is 25.3 Å². The summed E-state index contributed by atoms with van der Waals surface area (Å²) in [5.74, 6) is 2.04. The van der Waals surface area contributed by atoms with E-state index in [0.717, 1.165) is 27.2 Å². The molecule has 0 unspecified atom stereocenters. The maximum absolute atomic E-state index is 12.3. The summed E-state index contributed by atoms with van der Waals surface area (Å²) in [5, 5.41) is 2.89. The summed E-state index contributed by atoms with van der Waals surface area (Å²) in [7, 11) is 1.61. The van der Waals surface area contributed by atoms with Crippen molar-refractivity contribution in [3.8, 4) is 11.5 Å². The Hall–Kier alpha value is -1.76. The van der Waals surface area contributed by atoms with Gasteiger partial charge in [0.05, 0.1) is 17.3 Å². The second-order valence-electron chi connectivity index (χ2n) is 5.86. The van der Waals surface area contributed by atoms with Crippen molar-refractivity contribution >= 4 is 34.2 Å². The summed E-state index contributed by atoms with van der Waals surface area (Å²) in [6, 6.07) is 12.8. The smallest absolute Gasteiger partial charge is 0.255 e. The van der Waals surface area contributed by atoms with Gasteiger partial charge in [-0.25, -0.2) is 0 Å². The van der Waals surface area contributed by atoms with Crippen LogP contribution in [0.2, 0.25) is 0 Å². The molecule has 0 aliphatic carbocycles. The molecule has 5 heteroatoms. The molecule has 0 saturated carbocycles. The van der Waals surface area contributed by atoms with Crippen LogP contribution in [0.4, 0.5) is 5.69 Å². The molecule has 0 heterocycles. The maximum Gasteiger partial charge on any atom is 0.255 e. The fourth-order valence-electron chi connectivity index (χ4n) is 2.06. The number of nitrogens with one attached hydrogen (secondary N) is 1. The molecule has 2 rings (SSSR count). The van der Waals surface area contributed by atoms with Crippen LogP contribution in [0.5, 0.6) is 11.5 Å². The summed E-state index contributed by atoms with van der Waals surface area (Å²) < 4.78 is 11.8. The lowest BCUT2D eigenvalue weighted by atomic mass is 10.1. The molecule has 0 bridgehead atoms. The Balaban J connectivity index is 1.95. The highest BCUT2D eigenvalue weighted by molar-refractivity contribution is 14.1. The number of anilines is 1. The number of hydrogen-bond donors (Lipinski definition) is 1. The predicted molar refractivity (Wildman–Crippen MR) is 105 cm³/mol. The van der Waals surface area contributed by atoms with Crippen LogP contribution in [0, 0.1) is 9.49 Å². The normalized spacial score (nSPS) is 10.5. The van der Waals surface area contributed by atoms with E-state index in [4.69, 9.17) is 9.47 Å². The van der Waals surface area contributed by atoms with Crippen molar-refractivity contribution in [3.05, 3.63) is 51.6 Å². The average molecular weight is 439 g/mol. The highest BCUT2D eigenvalue weighted by Gasteiger charge is 2.09. The van der Waals surface area contributed by atoms with E-state index in [2.05, 4.69) is 41.8 Å². The molecule has 1 N–H and O–H groups in total. The van der Waals surface area contributed by atoms with Crippen molar-refractivity contribution in [1.82, 2.24) is 0 Å². The highest BCUT2D eigenvalue weighted by atomic mass is 127. The van der Waals surface area contributed by atoms with E-state index >= 15 is 0 Å². The van der Waals surface area contributed by atoms with Crippen LogP contribution in [0.25, 0.3) is 0 Å². The number of hydrogen-bond acceptors (Lipinski definition) is 3. The van der Waals surface area contributed by atoms with Crippen molar-refractivity contribution in [2.24, 2.45) is 5.92 Å². The quantitative estimate of drug-likeness (QED) is 0.620. The second kappa shape index (κ2) is 8.92. The van der Waals surface area contributed by atoms with E-state index < -0.39 is 0 Å². The van der Waals surface area contributed by atoms with E-state index in [1.807, 2.05) is 24.3 Å². The molecule has 0 saturated heterocycles. The molecular weight excluding hydrogens is 417 g/mol. The minimum absolute atomic E-state index is 0.149. The first kappa shape index (κ1) is 18.6. The van der Waals surface area contributed by atoms with Crippen molar-refractivity contribution in [2.75, 3.05) is 19.0 Å². The summed E-state index contributed by atoms with van der Waals surface area (Å²) in [4.78, 5) is 12.3.